The molecule has 0 aliphatic carbocycles. The molecule has 2 heterocycles. The van der Waals surface area contributed by atoms with E-state index in [0.717, 1.165) is 22.2 Å². The predicted molar refractivity (Wildman–Crippen MR) is 80.2 cm³/mol. The summed E-state index contributed by atoms with van der Waals surface area (Å²) in [4.78, 5) is 4.52. The van der Waals surface area contributed by atoms with Crippen LogP contribution in [0.2, 0.25) is 0 Å². The summed E-state index contributed by atoms with van der Waals surface area (Å²) in [7, 11) is 0. The molecule has 0 N–H and O–H groups in total. The molecule has 2 aromatic heterocycles. The monoisotopic (exact) mass is 268 g/mol. The van der Waals surface area contributed by atoms with E-state index >= 15 is 0 Å². The van der Waals surface area contributed by atoms with Crippen LogP contribution in [0, 0.1) is 12.7 Å². The first-order valence-corrected chi connectivity index (χ1v) is 6.81. The number of pyridine rings is 1. The molecule has 3 rings (SSSR count). The van der Waals surface area contributed by atoms with Gasteiger partial charge >= 0.3 is 0 Å². The maximum atomic E-state index is 13.1. The number of halogens is 1. The van der Waals surface area contributed by atoms with Gasteiger partial charge in [0, 0.05) is 28.9 Å². The van der Waals surface area contributed by atoms with Crippen molar-refractivity contribution in [3.63, 3.8) is 0 Å². The molecule has 0 aliphatic rings. The van der Waals surface area contributed by atoms with Crippen LogP contribution in [0.1, 0.15) is 25.6 Å². The minimum Gasteiger partial charge on any atom is -0.327 e. The molecule has 0 radical (unpaired) electrons. The number of rotatable bonds is 2. The van der Waals surface area contributed by atoms with Crippen molar-refractivity contribution in [3.8, 4) is 11.1 Å². The molecular weight excluding hydrogens is 251 g/mol. The second-order valence-corrected chi connectivity index (χ2v) is 5.31. The zero-order valence-electron chi connectivity index (χ0n) is 11.9. The third kappa shape index (κ3) is 1.90. The van der Waals surface area contributed by atoms with E-state index in [0.29, 0.717) is 6.04 Å². The van der Waals surface area contributed by atoms with Crippen LogP contribution in [0.3, 0.4) is 0 Å². The Bertz CT molecular complexity index is 755. The SMILES string of the molecule is Cc1c(-c2ccc(F)cc2)c2cccnc2n1C(C)C. The Labute approximate surface area is 117 Å². The fraction of sp³-hybridized carbons (Fsp3) is 0.235. The van der Waals surface area contributed by atoms with Gasteiger partial charge in [-0.25, -0.2) is 9.37 Å². The van der Waals surface area contributed by atoms with E-state index in [9.17, 15) is 4.39 Å². The smallest absolute Gasteiger partial charge is 0.140 e. The highest BCUT2D eigenvalue weighted by atomic mass is 19.1. The maximum absolute atomic E-state index is 13.1. The van der Waals surface area contributed by atoms with Crippen LogP contribution >= 0.6 is 0 Å². The van der Waals surface area contributed by atoms with Crippen molar-refractivity contribution in [1.29, 1.82) is 0 Å². The highest BCUT2D eigenvalue weighted by Crippen LogP contribution is 2.35. The Hall–Kier alpha value is -2.16. The summed E-state index contributed by atoms with van der Waals surface area (Å²) in [6, 6.07) is 11.0. The molecule has 0 bridgehead atoms. The maximum Gasteiger partial charge on any atom is 0.140 e. The zero-order chi connectivity index (χ0) is 14.3. The fourth-order valence-corrected chi connectivity index (χ4v) is 2.87. The molecule has 1 aromatic carbocycles. The van der Waals surface area contributed by atoms with Crippen molar-refractivity contribution in [2.24, 2.45) is 0 Å². The molecule has 0 fully saturated rings. The van der Waals surface area contributed by atoms with Gasteiger partial charge in [0.1, 0.15) is 11.5 Å². The van der Waals surface area contributed by atoms with Crippen molar-refractivity contribution in [3.05, 3.63) is 54.1 Å². The molecule has 0 atom stereocenters. The van der Waals surface area contributed by atoms with Gasteiger partial charge in [0.2, 0.25) is 0 Å². The molecule has 0 spiro atoms. The van der Waals surface area contributed by atoms with Gasteiger partial charge in [-0.05, 0) is 50.6 Å². The van der Waals surface area contributed by atoms with Crippen LogP contribution in [-0.4, -0.2) is 9.55 Å². The second-order valence-electron chi connectivity index (χ2n) is 5.31. The largest absolute Gasteiger partial charge is 0.327 e. The Morgan fingerprint density at radius 3 is 2.45 bits per heavy atom. The lowest BCUT2D eigenvalue weighted by Crippen LogP contribution is -2.03. The summed E-state index contributed by atoms with van der Waals surface area (Å²) in [5.41, 5.74) is 4.32. The number of fused-ring (bicyclic) bond motifs is 1. The number of aromatic nitrogens is 2. The molecule has 20 heavy (non-hydrogen) atoms. The first kappa shape index (κ1) is 12.9. The molecule has 0 aliphatic heterocycles. The first-order chi connectivity index (χ1) is 9.59. The lowest BCUT2D eigenvalue weighted by molar-refractivity contribution is 0.603. The molecule has 0 unspecified atom stereocenters. The lowest BCUT2D eigenvalue weighted by atomic mass is 10.0. The first-order valence-electron chi connectivity index (χ1n) is 6.81. The molecular formula is C17H17FN2. The average molecular weight is 268 g/mol. The van der Waals surface area contributed by atoms with Crippen LogP contribution < -0.4 is 0 Å². The van der Waals surface area contributed by atoms with Gasteiger partial charge in [0.15, 0.2) is 0 Å². The van der Waals surface area contributed by atoms with Gasteiger partial charge in [0.05, 0.1) is 0 Å². The molecule has 0 saturated heterocycles. The fourth-order valence-electron chi connectivity index (χ4n) is 2.87. The van der Waals surface area contributed by atoms with Crippen molar-refractivity contribution in [2.75, 3.05) is 0 Å². The molecule has 2 nitrogen and oxygen atoms in total. The van der Waals surface area contributed by atoms with Crippen molar-refractivity contribution in [1.82, 2.24) is 9.55 Å². The molecule has 3 aromatic rings. The summed E-state index contributed by atoms with van der Waals surface area (Å²) in [6.07, 6.45) is 1.81. The zero-order valence-corrected chi connectivity index (χ0v) is 11.9. The highest BCUT2D eigenvalue weighted by Gasteiger charge is 2.17. The van der Waals surface area contributed by atoms with E-state index < -0.39 is 0 Å². The van der Waals surface area contributed by atoms with Crippen molar-refractivity contribution < 1.29 is 4.39 Å². The van der Waals surface area contributed by atoms with E-state index in [1.807, 2.05) is 24.4 Å². The van der Waals surface area contributed by atoms with Gasteiger partial charge < -0.3 is 4.57 Å². The topological polar surface area (TPSA) is 17.8 Å². The summed E-state index contributed by atoms with van der Waals surface area (Å²) < 4.78 is 15.4. The van der Waals surface area contributed by atoms with Crippen LogP contribution in [0.4, 0.5) is 4.39 Å². The van der Waals surface area contributed by atoms with E-state index in [1.54, 1.807) is 0 Å². The average Bonchev–Trinajstić information content (AvgIpc) is 2.72. The quantitative estimate of drug-likeness (QED) is 0.657. The summed E-state index contributed by atoms with van der Waals surface area (Å²) >= 11 is 0. The Balaban J connectivity index is 2.35. The van der Waals surface area contributed by atoms with E-state index in [-0.39, 0.29) is 5.82 Å². The summed E-state index contributed by atoms with van der Waals surface area (Å²) in [5, 5.41) is 1.12. The van der Waals surface area contributed by atoms with Gasteiger partial charge in [-0.2, -0.15) is 0 Å². The Morgan fingerprint density at radius 1 is 1.10 bits per heavy atom. The molecule has 0 amide bonds. The third-order valence-electron chi connectivity index (χ3n) is 3.66. The standard InChI is InChI=1S/C17H17FN2/c1-11(2)20-12(3)16(13-6-8-14(18)9-7-13)15-5-4-10-19-17(15)20/h4-11H,1-3H3. The van der Waals surface area contributed by atoms with Crippen LogP contribution in [0.25, 0.3) is 22.2 Å². The van der Waals surface area contributed by atoms with Gasteiger partial charge in [-0.3, -0.25) is 0 Å². The Kier molecular flexibility index (Phi) is 3.05. The highest BCUT2D eigenvalue weighted by molar-refractivity contribution is 5.96. The summed E-state index contributed by atoms with van der Waals surface area (Å²) in [5.74, 6) is -0.211. The predicted octanol–water partition coefficient (Wildman–Crippen LogP) is 4.73. The van der Waals surface area contributed by atoms with Crippen LogP contribution in [-0.2, 0) is 0 Å². The van der Waals surface area contributed by atoms with Crippen molar-refractivity contribution in [2.45, 2.75) is 26.8 Å². The van der Waals surface area contributed by atoms with E-state index in [4.69, 9.17) is 0 Å². The van der Waals surface area contributed by atoms with Gasteiger partial charge in [-0.1, -0.05) is 12.1 Å². The lowest BCUT2D eigenvalue weighted by Gasteiger charge is -2.12. The van der Waals surface area contributed by atoms with Crippen LogP contribution in [0.5, 0.6) is 0 Å². The second kappa shape index (κ2) is 4.75. The number of nitrogens with zero attached hydrogens (tertiary/aromatic N) is 2. The Morgan fingerprint density at radius 2 is 1.80 bits per heavy atom. The third-order valence-corrected chi connectivity index (χ3v) is 3.66. The summed E-state index contributed by atoms with van der Waals surface area (Å²) in [6.45, 7) is 6.39. The van der Waals surface area contributed by atoms with Crippen LogP contribution in [0.15, 0.2) is 42.6 Å². The van der Waals surface area contributed by atoms with Crippen molar-refractivity contribution >= 4 is 11.0 Å². The normalized spacial score (nSPS) is 11.4. The van der Waals surface area contributed by atoms with E-state index in [2.05, 4.69) is 36.4 Å². The molecule has 0 saturated carbocycles. The minimum absolute atomic E-state index is 0.211. The number of benzene rings is 1. The molecule has 3 heteroatoms. The van der Waals surface area contributed by atoms with Gasteiger partial charge in [-0.15, -0.1) is 0 Å². The minimum atomic E-state index is -0.211. The number of hydrogen-bond acceptors (Lipinski definition) is 1. The van der Waals surface area contributed by atoms with E-state index in [1.165, 1.54) is 17.8 Å². The number of hydrogen-bond donors (Lipinski definition) is 0. The van der Waals surface area contributed by atoms with Gasteiger partial charge in [0.25, 0.3) is 0 Å². The molecule has 102 valence electrons.